The first-order valence-electron chi connectivity index (χ1n) is 9.12. The number of hydrogen-bond donors (Lipinski definition) is 2. The van der Waals surface area contributed by atoms with Gasteiger partial charge in [0.2, 0.25) is 0 Å². The predicted octanol–water partition coefficient (Wildman–Crippen LogP) is 2.50. The molecule has 0 saturated carbocycles. The molecule has 0 spiro atoms. The fraction of sp³-hybridized carbons (Fsp3) is 0.737. The van der Waals surface area contributed by atoms with E-state index in [4.69, 9.17) is 21.8 Å². The number of halogens is 1. The molecule has 0 aromatic carbocycles. The van der Waals surface area contributed by atoms with Gasteiger partial charge in [0.05, 0.1) is 17.2 Å². The van der Waals surface area contributed by atoms with E-state index < -0.39 is 0 Å². The van der Waals surface area contributed by atoms with Gasteiger partial charge in [0.1, 0.15) is 0 Å². The van der Waals surface area contributed by atoms with E-state index in [1.807, 2.05) is 7.05 Å². The van der Waals surface area contributed by atoms with Gasteiger partial charge in [0.15, 0.2) is 0 Å². The zero-order valence-electron chi connectivity index (χ0n) is 17.2. The van der Waals surface area contributed by atoms with Gasteiger partial charge in [0.25, 0.3) is 0 Å². The normalized spacial score (nSPS) is 18.0. The van der Waals surface area contributed by atoms with Crippen LogP contribution in [0.15, 0.2) is 24.5 Å². The molecule has 3 unspecified atom stereocenters. The number of pyridine rings is 1. The standard InChI is InChI=1S/C9H20N3.C5H4ClN.C5H12O2.Ru/c1-10-5-7-11(2)8-9-4-6-12(9)3;6-5-2-1-3-7-4-5;1-4(6)3-5(2)7;/h9H,4-8H2,1-3H3;1-4H;4-7H,3H2,1-2H3;/q-1;;;+3. The second-order valence-electron chi connectivity index (χ2n) is 6.83. The SMILES string of the molecule is CC(O)CC(C)O.C[N-]CCN(C)CC1CCN1C.Clc1cccnc1.[Ru+3]. The molecule has 157 valence electrons. The summed E-state index contributed by atoms with van der Waals surface area (Å²) in [5.41, 5.74) is 0. The third kappa shape index (κ3) is 17.7. The van der Waals surface area contributed by atoms with Gasteiger partial charge >= 0.3 is 19.5 Å². The van der Waals surface area contributed by atoms with Gasteiger partial charge in [-0.05, 0) is 66.0 Å². The van der Waals surface area contributed by atoms with Crippen LogP contribution in [0.4, 0.5) is 0 Å². The van der Waals surface area contributed by atoms with E-state index in [0.29, 0.717) is 11.4 Å². The van der Waals surface area contributed by atoms with E-state index in [1.165, 1.54) is 19.5 Å². The van der Waals surface area contributed by atoms with Gasteiger partial charge in [-0.15, -0.1) is 6.54 Å². The molecule has 3 atom stereocenters. The number of aliphatic hydroxyl groups is 2. The van der Waals surface area contributed by atoms with Crippen LogP contribution in [0.25, 0.3) is 5.32 Å². The number of aliphatic hydroxyl groups excluding tert-OH is 2. The van der Waals surface area contributed by atoms with Crippen LogP contribution in [0.3, 0.4) is 0 Å². The number of hydrogen-bond acceptors (Lipinski definition) is 5. The molecule has 8 heteroatoms. The van der Waals surface area contributed by atoms with Crippen LogP contribution in [0.1, 0.15) is 26.7 Å². The first kappa shape index (κ1) is 29.1. The summed E-state index contributed by atoms with van der Waals surface area (Å²) < 4.78 is 0. The van der Waals surface area contributed by atoms with Crippen molar-refractivity contribution in [1.82, 2.24) is 14.8 Å². The Labute approximate surface area is 183 Å². The smallest absolute Gasteiger partial charge is 0.664 e. The summed E-state index contributed by atoms with van der Waals surface area (Å²) in [5, 5.41) is 21.9. The molecule has 1 aliphatic rings. The van der Waals surface area contributed by atoms with E-state index in [0.717, 1.165) is 19.1 Å². The second-order valence-corrected chi connectivity index (χ2v) is 7.27. The average molecular weight is 489 g/mol. The molecular formula is C19H36ClN4O2Ru+2. The first-order chi connectivity index (χ1) is 12.3. The average Bonchev–Trinajstić information content (AvgIpc) is 2.57. The van der Waals surface area contributed by atoms with Crippen LogP contribution in [-0.4, -0.2) is 90.6 Å². The molecule has 0 amide bonds. The molecule has 1 aliphatic heterocycles. The minimum absolute atomic E-state index is 0. The summed E-state index contributed by atoms with van der Waals surface area (Å²) in [6, 6.07) is 4.38. The molecule has 1 saturated heterocycles. The fourth-order valence-corrected chi connectivity index (χ4v) is 2.49. The third-order valence-corrected chi connectivity index (χ3v) is 4.20. The monoisotopic (exact) mass is 489 g/mol. The van der Waals surface area contributed by atoms with Crippen LogP contribution < -0.4 is 0 Å². The molecule has 27 heavy (non-hydrogen) atoms. The Bertz CT molecular complexity index is 435. The maximum atomic E-state index is 8.56. The van der Waals surface area contributed by atoms with Crippen molar-refractivity contribution >= 4 is 11.6 Å². The number of likely N-dealkylation sites (N-methyl/N-ethyl adjacent to an activating group) is 3. The van der Waals surface area contributed by atoms with Crippen LogP contribution in [-0.2, 0) is 19.5 Å². The van der Waals surface area contributed by atoms with E-state index in [-0.39, 0.29) is 31.7 Å². The van der Waals surface area contributed by atoms with Crippen molar-refractivity contribution < 1.29 is 29.7 Å². The van der Waals surface area contributed by atoms with Gasteiger partial charge < -0.3 is 25.3 Å². The Hall–Kier alpha value is -0.137. The Morgan fingerprint density at radius 3 is 2.26 bits per heavy atom. The summed E-state index contributed by atoms with van der Waals surface area (Å²) in [7, 11) is 6.26. The van der Waals surface area contributed by atoms with Gasteiger partial charge in [-0.2, -0.15) is 7.05 Å². The molecule has 2 rings (SSSR count). The Kier molecular flexibility index (Phi) is 19.3. The van der Waals surface area contributed by atoms with Crippen molar-refractivity contribution in [2.45, 2.75) is 44.9 Å². The molecule has 6 nitrogen and oxygen atoms in total. The molecule has 1 aromatic heterocycles. The summed E-state index contributed by atoms with van der Waals surface area (Å²) >= 11 is 5.48. The number of nitrogens with zero attached hydrogens (tertiary/aromatic N) is 4. The molecule has 1 fully saturated rings. The van der Waals surface area contributed by atoms with Crippen molar-refractivity contribution in [3.8, 4) is 0 Å². The van der Waals surface area contributed by atoms with Crippen molar-refractivity contribution in [2.24, 2.45) is 0 Å². The quantitative estimate of drug-likeness (QED) is 0.577. The topological polar surface area (TPSA) is 73.9 Å². The fourth-order valence-electron chi connectivity index (χ4n) is 2.36. The first-order valence-corrected chi connectivity index (χ1v) is 9.50. The van der Waals surface area contributed by atoms with Gasteiger partial charge in [-0.3, -0.25) is 4.98 Å². The predicted molar refractivity (Wildman–Crippen MR) is 110 cm³/mol. The molecule has 1 radical (unpaired) electrons. The number of aromatic nitrogens is 1. The van der Waals surface area contributed by atoms with Crippen molar-refractivity contribution in [3.05, 3.63) is 34.9 Å². The Balaban J connectivity index is 0. The second kappa shape index (κ2) is 17.9. The zero-order valence-corrected chi connectivity index (χ0v) is 19.7. The molecule has 0 bridgehead atoms. The van der Waals surface area contributed by atoms with Crippen LogP contribution in [0, 0.1) is 0 Å². The minimum atomic E-state index is -0.375. The van der Waals surface area contributed by atoms with Crippen molar-refractivity contribution in [1.29, 1.82) is 0 Å². The summed E-state index contributed by atoms with van der Waals surface area (Å²) in [5.74, 6) is 0. The maximum absolute atomic E-state index is 8.56. The van der Waals surface area contributed by atoms with Crippen LogP contribution in [0.2, 0.25) is 5.02 Å². The zero-order chi connectivity index (χ0) is 19.9. The van der Waals surface area contributed by atoms with Gasteiger partial charge in [-0.25, -0.2) is 0 Å². The van der Waals surface area contributed by atoms with Crippen LogP contribution in [0.5, 0.6) is 0 Å². The minimum Gasteiger partial charge on any atom is -0.664 e. The number of rotatable bonds is 7. The maximum Gasteiger partial charge on any atom is 3.00 e. The van der Waals surface area contributed by atoms with Crippen molar-refractivity contribution in [3.63, 3.8) is 0 Å². The third-order valence-electron chi connectivity index (χ3n) is 3.97. The largest absolute Gasteiger partial charge is 3.00 e. The summed E-state index contributed by atoms with van der Waals surface area (Å²) in [6.45, 7) is 7.86. The Morgan fingerprint density at radius 1 is 1.37 bits per heavy atom. The molecular weight excluding hydrogens is 453 g/mol. The van der Waals surface area contributed by atoms with Crippen molar-refractivity contribution in [2.75, 3.05) is 47.3 Å². The molecule has 0 aliphatic carbocycles. The molecule has 1 aromatic rings. The molecule has 2 N–H and O–H groups in total. The van der Waals surface area contributed by atoms with E-state index >= 15 is 0 Å². The van der Waals surface area contributed by atoms with Crippen LogP contribution >= 0.6 is 11.6 Å². The van der Waals surface area contributed by atoms with E-state index in [2.05, 4.69) is 34.2 Å². The molecule has 2 heterocycles. The van der Waals surface area contributed by atoms with E-state index in [9.17, 15) is 0 Å². The Morgan fingerprint density at radius 2 is 2.00 bits per heavy atom. The number of likely N-dealkylation sites (tertiary alicyclic amines) is 1. The van der Waals surface area contributed by atoms with E-state index in [1.54, 1.807) is 38.4 Å². The summed E-state index contributed by atoms with van der Waals surface area (Å²) in [4.78, 5) is 8.54. The van der Waals surface area contributed by atoms with Gasteiger partial charge in [0, 0.05) is 25.0 Å². The van der Waals surface area contributed by atoms with Gasteiger partial charge in [-0.1, -0.05) is 11.6 Å². The summed E-state index contributed by atoms with van der Waals surface area (Å²) in [6.07, 6.45) is 4.37.